The molecule has 0 radical (unpaired) electrons. The maximum atomic E-state index is 11.4. The minimum absolute atomic E-state index is 0.00612. The molecular weight excluding hydrogens is 364 g/mol. The molecule has 0 atom stereocenters. The molecule has 4 nitrogen and oxygen atoms in total. The van der Waals surface area contributed by atoms with Crippen molar-refractivity contribution >= 4 is 11.9 Å². The number of carboxylic acid groups (broad SMARTS) is 2. The molecule has 3 aromatic carbocycles. The van der Waals surface area contributed by atoms with Gasteiger partial charge in [0.1, 0.15) is 0 Å². The van der Waals surface area contributed by atoms with Crippen molar-refractivity contribution in [3.63, 3.8) is 0 Å². The Morgan fingerprint density at radius 2 is 1.24 bits per heavy atom. The van der Waals surface area contributed by atoms with Gasteiger partial charge >= 0.3 is 11.9 Å². The van der Waals surface area contributed by atoms with Gasteiger partial charge in [0, 0.05) is 18.3 Å². The Bertz CT molecular complexity index is 1050. The minimum Gasteiger partial charge on any atom is -0.481 e. The zero-order chi connectivity index (χ0) is 20.4. The molecule has 4 heteroatoms. The minimum atomic E-state index is -0.869. The van der Waals surface area contributed by atoms with E-state index < -0.39 is 17.4 Å². The predicted octanol–water partition coefficient (Wildman–Crippen LogP) is 5.35. The largest absolute Gasteiger partial charge is 0.481 e. The van der Waals surface area contributed by atoms with E-state index >= 15 is 0 Å². The molecule has 4 rings (SSSR count). The van der Waals surface area contributed by atoms with Gasteiger partial charge in [-0.3, -0.25) is 9.59 Å². The van der Waals surface area contributed by atoms with E-state index in [0.717, 1.165) is 33.4 Å². The highest BCUT2D eigenvalue weighted by molar-refractivity contribution is 5.85. The summed E-state index contributed by atoms with van der Waals surface area (Å²) < 4.78 is 0. The summed E-state index contributed by atoms with van der Waals surface area (Å²) in [4.78, 5) is 22.8. The quantitative estimate of drug-likeness (QED) is 0.574. The van der Waals surface area contributed by atoms with Gasteiger partial charge in [-0.25, -0.2) is 0 Å². The van der Waals surface area contributed by atoms with Gasteiger partial charge in [0.15, 0.2) is 0 Å². The Morgan fingerprint density at radius 3 is 1.90 bits per heavy atom. The summed E-state index contributed by atoms with van der Waals surface area (Å²) in [5.41, 5.74) is 5.79. The fourth-order valence-electron chi connectivity index (χ4n) is 4.58. The summed E-state index contributed by atoms with van der Waals surface area (Å²) in [5.74, 6) is -1.74. The van der Waals surface area contributed by atoms with Gasteiger partial charge in [0.2, 0.25) is 0 Å². The summed E-state index contributed by atoms with van der Waals surface area (Å²) >= 11 is 0. The smallest absolute Gasteiger partial charge is 0.303 e. The van der Waals surface area contributed by atoms with E-state index in [-0.39, 0.29) is 12.8 Å². The molecule has 0 saturated carbocycles. The highest BCUT2D eigenvalue weighted by Gasteiger charge is 2.43. The zero-order valence-corrected chi connectivity index (χ0v) is 16.0. The van der Waals surface area contributed by atoms with Crippen molar-refractivity contribution < 1.29 is 19.8 Å². The van der Waals surface area contributed by atoms with E-state index in [9.17, 15) is 19.8 Å². The monoisotopic (exact) mass is 386 g/mol. The fraction of sp³-hybridized carbons (Fsp3) is 0.200. The Balaban J connectivity index is 1.89. The second-order valence-electron chi connectivity index (χ2n) is 7.54. The van der Waals surface area contributed by atoms with Crippen LogP contribution in [-0.2, 0) is 15.0 Å². The first-order valence-corrected chi connectivity index (χ1v) is 9.75. The maximum Gasteiger partial charge on any atom is 0.303 e. The summed E-state index contributed by atoms with van der Waals surface area (Å²) in [6, 6.07) is 24.3. The molecule has 0 saturated heterocycles. The average molecular weight is 386 g/mol. The molecule has 0 fully saturated rings. The molecular formula is C25H22O4. The number of carbonyl (C=O) groups is 2. The topological polar surface area (TPSA) is 74.6 Å². The number of rotatable bonds is 7. The van der Waals surface area contributed by atoms with Crippen LogP contribution >= 0.6 is 0 Å². The molecule has 0 aromatic heterocycles. The number of carboxylic acids is 2. The Morgan fingerprint density at radius 1 is 0.655 bits per heavy atom. The molecule has 0 spiro atoms. The third-order valence-electron chi connectivity index (χ3n) is 5.91. The van der Waals surface area contributed by atoms with Crippen molar-refractivity contribution in [2.75, 3.05) is 0 Å². The van der Waals surface area contributed by atoms with E-state index in [2.05, 4.69) is 30.3 Å². The second-order valence-corrected chi connectivity index (χ2v) is 7.54. The van der Waals surface area contributed by atoms with Crippen LogP contribution in [0.2, 0.25) is 0 Å². The third-order valence-corrected chi connectivity index (χ3v) is 5.91. The number of fused-ring (bicyclic) bond motifs is 3. The maximum absolute atomic E-state index is 11.4. The van der Waals surface area contributed by atoms with E-state index in [1.807, 2.05) is 42.5 Å². The summed E-state index contributed by atoms with van der Waals surface area (Å²) in [6.45, 7) is 0. The van der Waals surface area contributed by atoms with Crippen LogP contribution in [0.25, 0.3) is 22.3 Å². The average Bonchev–Trinajstić information content (AvgIpc) is 3.01. The fourth-order valence-corrected chi connectivity index (χ4v) is 4.58. The standard InChI is InChI=1S/C25H22O4/c26-23(27)12-14-25(15-13-24(28)29)21-9-5-4-8-19(21)20-16-18(10-11-22(20)25)17-6-2-1-3-7-17/h1-11,16H,12-15H2,(H,26,27)(H,28,29). The third kappa shape index (κ3) is 3.42. The molecule has 0 bridgehead atoms. The number of benzene rings is 3. The van der Waals surface area contributed by atoms with Crippen LogP contribution in [0.5, 0.6) is 0 Å². The van der Waals surface area contributed by atoms with Gasteiger partial charge in [-0.15, -0.1) is 0 Å². The summed E-state index contributed by atoms with van der Waals surface area (Å²) in [6.07, 6.45) is 0.746. The number of aliphatic carboxylic acids is 2. The lowest BCUT2D eigenvalue weighted by atomic mass is 9.71. The van der Waals surface area contributed by atoms with Crippen molar-refractivity contribution in [3.05, 3.63) is 83.9 Å². The molecule has 3 aromatic rings. The van der Waals surface area contributed by atoms with Crippen LogP contribution in [0, 0.1) is 0 Å². The van der Waals surface area contributed by atoms with E-state index in [4.69, 9.17) is 0 Å². The zero-order valence-electron chi connectivity index (χ0n) is 16.0. The molecule has 1 aliphatic rings. The molecule has 0 heterocycles. The van der Waals surface area contributed by atoms with Crippen molar-refractivity contribution in [2.24, 2.45) is 0 Å². The first kappa shape index (κ1) is 18.9. The first-order chi connectivity index (χ1) is 14.0. The van der Waals surface area contributed by atoms with Crippen molar-refractivity contribution in [2.45, 2.75) is 31.1 Å². The molecule has 0 aliphatic heterocycles. The van der Waals surface area contributed by atoms with Gasteiger partial charge < -0.3 is 10.2 Å². The Labute approximate surface area is 169 Å². The van der Waals surface area contributed by atoms with E-state index in [1.54, 1.807) is 0 Å². The lowest BCUT2D eigenvalue weighted by Crippen LogP contribution is -2.27. The van der Waals surface area contributed by atoms with Crippen LogP contribution in [0.3, 0.4) is 0 Å². The highest BCUT2D eigenvalue weighted by Crippen LogP contribution is 2.54. The Hall–Kier alpha value is -3.40. The van der Waals surface area contributed by atoms with Crippen LogP contribution in [-0.4, -0.2) is 22.2 Å². The van der Waals surface area contributed by atoms with Crippen LogP contribution in [0.1, 0.15) is 36.8 Å². The SMILES string of the molecule is O=C(O)CCC1(CCC(=O)O)c2ccccc2-c2cc(-c3ccccc3)ccc21. The molecule has 0 unspecified atom stereocenters. The van der Waals surface area contributed by atoms with E-state index in [0.29, 0.717) is 12.8 Å². The normalized spacial score (nSPS) is 13.5. The molecule has 0 amide bonds. The summed E-state index contributed by atoms with van der Waals surface area (Å²) in [7, 11) is 0. The predicted molar refractivity (Wildman–Crippen MR) is 112 cm³/mol. The van der Waals surface area contributed by atoms with Gasteiger partial charge in [0.25, 0.3) is 0 Å². The number of hydrogen-bond donors (Lipinski definition) is 2. The van der Waals surface area contributed by atoms with Gasteiger partial charge in [-0.1, -0.05) is 66.7 Å². The Kier molecular flexibility index (Phi) is 4.93. The summed E-state index contributed by atoms with van der Waals surface area (Å²) in [5, 5.41) is 18.7. The van der Waals surface area contributed by atoms with Gasteiger partial charge in [-0.2, -0.15) is 0 Å². The van der Waals surface area contributed by atoms with Gasteiger partial charge in [0.05, 0.1) is 0 Å². The molecule has 146 valence electrons. The van der Waals surface area contributed by atoms with Crippen LogP contribution in [0.4, 0.5) is 0 Å². The number of hydrogen-bond acceptors (Lipinski definition) is 2. The van der Waals surface area contributed by atoms with Crippen molar-refractivity contribution in [1.29, 1.82) is 0 Å². The van der Waals surface area contributed by atoms with E-state index in [1.165, 1.54) is 0 Å². The lowest BCUT2D eigenvalue weighted by Gasteiger charge is -2.31. The van der Waals surface area contributed by atoms with Crippen molar-refractivity contribution in [3.8, 4) is 22.3 Å². The first-order valence-electron chi connectivity index (χ1n) is 9.75. The highest BCUT2D eigenvalue weighted by atomic mass is 16.4. The lowest BCUT2D eigenvalue weighted by molar-refractivity contribution is -0.137. The molecule has 29 heavy (non-hydrogen) atoms. The molecule has 1 aliphatic carbocycles. The van der Waals surface area contributed by atoms with Crippen LogP contribution in [0.15, 0.2) is 72.8 Å². The molecule has 2 N–H and O–H groups in total. The second kappa shape index (κ2) is 7.55. The van der Waals surface area contributed by atoms with Crippen LogP contribution < -0.4 is 0 Å². The van der Waals surface area contributed by atoms with Crippen molar-refractivity contribution in [1.82, 2.24) is 0 Å². The van der Waals surface area contributed by atoms with Gasteiger partial charge in [-0.05, 0) is 52.3 Å².